The molecule has 2 N–H and O–H groups in total. The van der Waals surface area contributed by atoms with Crippen molar-refractivity contribution in [3.05, 3.63) is 0 Å². The molecule has 0 rings (SSSR count). The summed E-state index contributed by atoms with van der Waals surface area (Å²) < 4.78 is 0. The average molecular weight is 631 g/mol. The molecule has 1 nitrogen and oxygen atoms in total. The molecule has 0 bridgehead atoms. The van der Waals surface area contributed by atoms with Gasteiger partial charge in [-0.25, -0.2) is 0 Å². The van der Waals surface area contributed by atoms with Gasteiger partial charge in [0.2, 0.25) is 0 Å². The normalized spacial score (nSPS) is 11.7. The summed E-state index contributed by atoms with van der Waals surface area (Å²) in [4.78, 5) is 0. The summed E-state index contributed by atoms with van der Waals surface area (Å²) in [5, 5.41) is 2.67. The fourth-order valence-electron chi connectivity index (χ4n) is 6.70. The molecule has 0 aromatic rings. The van der Waals surface area contributed by atoms with Gasteiger partial charge in [-0.3, -0.25) is 0 Å². The van der Waals surface area contributed by atoms with E-state index in [1.54, 1.807) is 0 Å². The molecular weight excluding hydrogens is 550 g/mol. The maximum absolute atomic E-state index is 2.67. The Kier molecular flexibility index (Phi) is 37.9. The summed E-state index contributed by atoms with van der Waals surface area (Å²) in [5.41, 5.74) is 0.542. The zero-order valence-corrected chi connectivity index (χ0v) is 30.4. The van der Waals surface area contributed by atoms with E-state index < -0.39 is 0 Å². The van der Waals surface area contributed by atoms with Crippen LogP contribution < -0.4 is 22.3 Å². The summed E-state index contributed by atoms with van der Waals surface area (Å²) in [5.74, 6) is 0. The third kappa shape index (κ3) is 29.9. The van der Waals surface area contributed by atoms with Crippen molar-refractivity contribution in [2.75, 3.05) is 7.05 Å². The fourth-order valence-corrected chi connectivity index (χ4v) is 6.70. The van der Waals surface area contributed by atoms with Crippen molar-refractivity contribution in [2.24, 2.45) is 0 Å². The lowest BCUT2D eigenvalue weighted by atomic mass is 9.81. The summed E-state index contributed by atoms with van der Waals surface area (Å²) in [6, 6.07) is 0. The van der Waals surface area contributed by atoms with Crippen molar-refractivity contribution in [1.29, 1.82) is 0 Å². The van der Waals surface area contributed by atoms with E-state index in [9.17, 15) is 0 Å². The Morgan fingerprint density at radius 3 is 0.650 bits per heavy atom. The van der Waals surface area contributed by atoms with Gasteiger partial charge in [-0.2, -0.15) is 0 Å². The predicted octanol–water partition coefficient (Wildman–Crippen LogP) is 9.86. The first-order valence-corrected chi connectivity index (χ1v) is 19.0. The van der Waals surface area contributed by atoms with Crippen LogP contribution in [-0.2, 0) is 0 Å². The lowest BCUT2D eigenvalue weighted by Gasteiger charge is -2.31. The number of rotatable bonds is 34. The van der Waals surface area contributed by atoms with Crippen molar-refractivity contribution in [2.45, 2.75) is 238 Å². The first-order chi connectivity index (χ1) is 19.2. The van der Waals surface area contributed by atoms with Crippen molar-refractivity contribution < 1.29 is 22.3 Å². The Hall–Kier alpha value is 0.440. The van der Waals surface area contributed by atoms with E-state index in [1.807, 2.05) is 0 Å². The quantitative estimate of drug-likeness (QED) is 0.0682. The molecule has 0 atom stereocenters. The van der Waals surface area contributed by atoms with Gasteiger partial charge in [0.15, 0.2) is 0 Å². The minimum Gasteiger partial charge on any atom is -1.00 e. The highest BCUT2D eigenvalue weighted by Gasteiger charge is 2.30. The monoisotopic (exact) mass is 630 g/mol. The number of unbranched alkanes of at least 4 members (excludes halogenated alkanes) is 27. The van der Waals surface area contributed by atoms with Crippen LogP contribution in [0.5, 0.6) is 0 Å². The number of nitrogens with two attached hydrogens (primary N) is 1. The van der Waals surface area contributed by atoms with Crippen LogP contribution in [0.25, 0.3) is 0 Å². The maximum atomic E-state index is 2.67. The van der Waals surface area contributed by atoms with Crippen LogP contribution in [0.1, 0.15) is 233 Å². The first kappa shape index (κ1) is 42.6. The maximum Gasteiger partial charge on any atom is 0.0959 e. The van der Waals surface area contributed by atoms with Gasteiger partial charge in [-0.1, -0.05) is 194 Å². The third-order valence-corrected chi connectivity index (χ3v) is 9.70. The fraction of sp³-hybridized carbons (Fsp3) is 1.00. The Balaban J connectivity index is 0. The standard InChI is InChI=1S/C38H79N.BrH/c1-5-8-11-14-17-20-23-26-29-32-35-38(39-4,36-33-30-27-24-21-18-15-12-9-6-2)37-34-31-28-25-22-19-16-13-10-7-3;/h39H,5-37H2,1-4H3;1H. The molecule has 0 aliphatic carbocycles. The molecule has 0 heterocycles. The van der Waals surface area contributed by atoms with Crippen molar-refractivity contribution in [1.82, 2.24) is 0 Å². The summed E-state index contributed by atoms with van der Waals surface area (Å²) >= 11 is 0. The van der Waals surface area contributed by atoms with E-state index in [1.165, 1.54) is 212 Å². The summed E-state index contributed by atoms with van der Waals surface area (Å²) in [6.07, 6.45) is 48.2. The number of hydrogen-bond acceptors (Lipinski definition) is 0. The molecular formula is C38H80BrN. The smallest absolute Gasteiger partial charge is 0.0959 e. The second kappa shape index (κ2) is 35.6. The Labute approximate surface area is 266 Å². The molecule has 2 heteroatoms. The second-order valence-electron chi connectivity index (χ2n) is 13.4. The summed E-state index contributed by atoms with van der Waals surface area (Å²) in [7, 11) is 2.41. The van der Waals surface area contributed by atoms with E-state index in [-0.39, 0.29) is 17.0 Å². The van der Waals surface area contributed by atoms with Gasteiger partial charge >= 0.3 is 0 Å². The zero-order chi connectivity index (χ0) is 28.5. The largest absolute Gasteiger partial charge is 1.00 e. The lowest BCUT2D eigenvalue weighted by molar-refractivity contribution is -0.707. The van der Waals surface area contributed by atoms with Gasteiger partial charge in [-0.15, -0.1) is 0 Å². The van der Waals surface area contributed by atoms with Gasteiger partial charge < -0.3 is 22.3 Å². The van der Waals surface area contributed by atoms with Crippen LogP contribution in [-0.4, -0.2) is 12.6 Å². The minimum absolute atomic E-state index is 0. The number of hydrogen-bond donors (Lipinski definition) is 1. The van der Waals surface area contributed by atoms with Gasteiger partial charge in [-0.05, 0) is 19.3 Å². The van der Waals surface area contributed by atoms with Crippen LogP contribution in [0.3, 0.4) is 0 Å². The molecule has 0 aromatic heterocycles. The minimum atomic E-state index is 0. The topological polar surface area (TPSA) is 16.6 Å². The SMILES string of the molecule is CCCCCCCCCCCCC(CCCCCCCCCCCC)(CCCCCCCCCCCC)[NH2+]C.[Br-]. The number of quaternary nitrogens is 1. The van der Waals surface area contributed by atoms with Crippen LogP contribution >= 0.6 is 0 Å². The highest BCUT2D eigenvalue weighted by molar-refractivity contribution is 4.78. The van der Waals surface area contributed by atoms with Gasteiger partial charge in [0.1, 0.15) is 0 Å². The molecule has 0 spiro atoms. The molecule has 0 aliphatic heterocycles. The van der Waals surface area contributed by atoms with Gasteiger partial charge in [0.25, 0.3) is 0 Å². The molecule has 0 amide bonds. The van der Waals surface area contributed by atoms with E-state index in [4.69, 9.17) is 0 Å². The lowest BCUT2D eigenvalue weighted by Crippen LogP contribution is -3.00. The van der Waals surface area contributed by atoms with Crippen molar-refractivity contribution in [3.63, 3.8) is 0 Å². The van der Waals surface area contributed by atoms with E-state index in [0.717, 1.165) is 0 Å². The van der Waals surface area contributed by atoms with Crippen LogP contribution in [0.2, 0.25) is 0 Å². The Morgan fingerprint density at radius 2 is 0.475 bits per heavy atom. The van der Waals surface area contributed by atoms with E-state index in [2.05, 4.69) is 33.1 Å². The van der Waals surface area contributed by atoms with Crippen molar-refractivity contribution >= 4 is 0 Å². The molecule has 0 fully saturated rings. The molecule has 0 unspecified atom stereocenters. The molecule has 0 saturated heterocycles. The molecule has 0 radical (unpaired) electrons. The first-order valence-electron chi connectivity index (χ1n) is 19.0. The van der Waals surface area contributed by atoms with E-state index >= 15 is 0 Å². The van der Waals surface area contributed by atoms with Crippen LogP contribution in [0.4, 0.5) is 0 Å². The van der Waals surface area contributed by atoms with Crippen molar-refractivity contribution in [3.8, 4) is 0 Å². The third-order valence-electron chi connectivity index (χ3n) is 9.70. The highest BCUT2D eigenvalue weighted by atomic mass is 79.9. The Morgan fingerprint density at radius 1 is 0.300 bits per heavy atom. The molecule has 244 valence electrons. The average Bonchev–Trinajstić information content (AvgIpc) is 2.95. The molecule has 0 saturated carbocycles. The van der Waals surface area contributed by atoms with Crippen LogP contribution in [0, 0.1) is 0 Å². The summed E-state index contributed by atoms with van der Waals surface area (Å²) in [6.45, 7) is 6.96. The van der Waals surface area contributed by atoms with Gasteiger partial charge in [0, 0.05) is 19.3 Å². The zero-order valence-electron chi connectivity index (χ0n) is 28.8. The highest BCUT2D eigenvalue weighted by Crippen LogP contribution is 2.26. The molecule has 40 heavy (non-hydrogen) atoms. The van der Waals surface area contributed by atoms with Gasteiger partial charge in [0.05, 0.1) is 12.6 Å². The second-order valence-corrected chi connectivity index (χ2v) is 13.4. The Bertz CT molecular complexity index is 377. The van der Waals surface area contributed by atoms with E-state index in [0.29, 0.717) is 5.54 Å². The molecule has 0 aliphatic rings. The molecule has 0 aromatic carbocycles. The predicted molar refractivity (Wildman–Crippen MR) is 180 cm³/mol. The number of halogens is 1. The van der Waals surface area contributed by atoms with Crippen LogP contribution in [0.15, 0.2) is 0 Å².